The Bertz CT molecular complexity index is 1230. The summed E-state index contributed by atoms with van der Waals surface area (Å²) < 4.78 is 30.7. The summed E-state index contributed by atoms with van der Waals surface area (Å²) in [6.07, 6.45) is 0.203. The standard InChI is InChI=1S/C28H54IN5O4Si3/c1-26(2,3)39(10,11)35-16-18-20(37-40(12,13)27(4,5)6)21(38-41(14,15)28(7,8)9)24(36-18)34-17-31-19-22(30)32-25(29)33-23(19)34/h17-18,20-21,24H,16H2,1-15H3,(H2,30,32,33)/t18-,20-,21-,24?/m1/s1. The summed E-state index contributed by atoms with van der Waals surface area (Å²) in [5.41, 5.74) is 7.44. The normalized spacial score (nSPS) is 23.5. The maximum absolute atomic E-state index is 7.25. The fourth-order valence-corrected chi connectivity index (χ4v) is 8.08. The molecule has 0 radical (unpaired) electrons. The minimum Gasteiger partial charge on any atom is -0.414 e. The van der Waals surface area contributed by atoms with Crippen LogP contribution in [0.4, 0.5) is 5.82 Å². The summed E-state index contributed by atoms with van der Waals surface area (Å²) in [5.74, 6) is 0.352. The zero-order valence-electron chi connectivity index (χ0n) is 28.0. The molecule has 1 aliphatic heterocycles. The number of nitrogen functional groups attached to an aromatic ring is 1. The topological polar surface area (TPSA) is 107 Å². The monoisotopic (exact) mass is 735 g/mol. The number of nitrogens with two attached hydrogens (primary N) is 1. The molecule has 1 saturated heterocycles. The molecule has 13 heteroatoms. The van der Waals surface area contributed by atoms with E-state index in [-0.39, 0.29) is 33.4 Å². The van der Waals surface area contributed by atoms with Crippen molar-refractivity contribution in [3.63, 3.8) is 0 Å². The second-order valence-corrected chi connectivity index (χ2v) is 31.3. The first-order valence-corrected chi connectivity index (χ1v) is 24.4. The van der Waals surface area contributed by atoms with Crippen molar-refractivity contribution in [3.8, 4) is 0 Å². The van der Waals surface area contributed by atoms with E-state index in [1.165, 1.54) is 0 Å². The van der Waals surface area contributed by atoms with Crippen molar-refractivity contribution in [2.45, 2.75) is 141 Å². The number of imidazole rings is 1. The highest BCUT2D eigenvalue weighted by atomic mass is 127. The molecule has 0 aromatic carbocycles. The highest BCUT2D eigenvalue weighted by Crippen LogP contribution is 2.47. The second-order valence-electron chi connectivity index (χ2n) is 16.0. The van der Waals surface area contributed by atoms with Crippen LogP contribution in [0.1, 0.15) is 68.5 Å². The molecule has 9 nitrogen and oxygen atoms in total. The molecule has 0 aliphatic carbocycles. The second kappa shape index (κ2) is 11.5. The third-order valence-electron chi connectivity index (χ3n) is 9.87. The Labute approximate surface area is 264 Å². The number of hydrogen-bond acceptors (Lipinski definition) is 8. The van der Waals surface area contributed by atoms with Gasteiger partial charge in [0.05, 0.1) is 12.9 Å². The van der Waals surface area contributed by atoms with Crippen LogP contribution >= 0.6 is 22.6 Å². The minimum atomic E-state index is -2.27. The van der Waals surface area contributed by atoms with Gasteiger partial charge in [-0.15, -0.1) is 0 Å². The van der Waals surface area contributed by atoms with Gasteiger partial charge in [0.2, 0.25) is 0 Å². The van der Waals surface area contributed by atoms with Crippen LogP contribution in [0.15, 0.2) is 6.33 Å². The van der Waals surface area contributed by atoms with Gasteiger partial charge in [0.1, 0.15) is 23.8 Å². The number of ether oxygens (including phenoxy) is 1. The van der Waals surface area contributed by atoms with Gasteiger partial charge in [-0.25, -0.2) is 15.0 Å². The number of anilines is 1. The quantitative estimate of drug-likeness (QED) is 0.167. The van der Waals surface area contributed by atoms with E-state index in [0.717, 1.165) is 0 Å². The molecule has 4 atom stereocenters. The summed E-state index contributed by atoms with van der Waals surface area (Å²) in [5, 5.41) is 0.0776. The zero-order valence-corrected chi connectivity index (χ0v) is 33.1. The van der Waals surface area contributed by atoms with Crippen LogP contribution in [-0.4, -0.2) is 69.4 Å². The van der Waals surface area contributed by atoms with Gasteiger partial charge >= 0.3 is 0 Å². The molecule has 2 aromatic rings. The SMILES string of the molecule is CC(C)(C)[Si](C)(C)OC[C@H]1OC(n2cnc3c(N)nc(I)nc32)[C@H](O[Si](C)(C)C(C)(C)C)[C@@H]1O[Si](C)(C)C(C)(C)C. The summed E-state index contributed by atoms with van der Waals surface area (Å²) in [7, 11) is -6.55. The highest BCUT2D eigenvalue weighted by Gasteiger charge is 2.55. The number of rotatable bonds is 8. The maximum Gasteiger partial charge on any atom is 0.194 e. The summed E-state index contributed by atoms with van der Waals surface area (Å²) >= 11 is 2.09. The van der Waals surface area contributed by atoms with Crippen molar-refractivity contribution in [1.29, 1.82) is 0 Å². The highest BCUT2D eigenvalue weighted by molar-refractivity contribution is 14.1. The van der Waals surface area contributed by atoms with Crippen LogP contribution in [0.5, 0.6) is 0 Å². The Morgan fingerprint density at radius 2 is 1.32 bits per heavy atom. The molecule has 3 rings (SSSR count). The lowest BCUT2D eigenvalue weighted by atomic mass is 10.1. The van der Waals surface area contributed by atoms with Crippen molar-refractivity contribution < 1.29 is 18.0 Å². The molecule has 2 aromatic heterocycles. The zero-order chi connectivity index (χ0) is 31.6. The predicted octanol–water partition coefficient (Wildman–Crippen LogP) is 7.71. The van der Waals surface area contributed by atoms with Crippen molar-refractivity contribution in [3.05, 3.63) is 10.2 Å². The largest absolute Gasteiger partial charge is 0.414 e. The Morgan fingerprint density at radius 3 is 1.80 bits per heavy atom. The van der Waals surface area contributed by atoms with Crippen LogP contribution in [0.25, 0.3) is 11.2 Å². The third kappa shape index (κ3) is 7.28. The molecular formula is C28H54IN5O4Si3. The molecule has 0 spiro atoms. The molecular weight excluding hydrogens is 682 g/mol. The Kier molecular flexibility index (Phi) is 9.83. The van der Waals surface area contributed by atoms with E-state index >= 15 is 0 Å². The number of hydrogen-bond donors (Lipinski definition) is 1. The van der Waals surface area contributed by atoms with Gasteiger partial charge in [-0.05, 0) is 54.4 Å². The lowest BCUT2D eigenvalue weighted by Gasteiger charge is -2.44. The van der Waals surface area contributed by atoms with Gasteiger partial charge in [-0.3, -0.25) is 4.57 Å². The molecule has 41 heavy (non-hydrogen) atoms. The molecule has 234 valence electrons. The lowest BCUT2D eigenvalue weighted by Crippen LogP contribution is -2.54. The minimum absolute atomic E-state index is 0.00617. The average Bonchev–Trinajstić information content (AvgIpc) is 3.31. The third-order valence-corrected chi connectivity index (χ3v) is 23.8. The van der Waals surface area contributed by atoms with E-state index in [0.29, 0.717) is 27.4 Å². The van der Waals surface area contributed by atoms with Crippen molar-refractivity contribution >= 4 is 64.5 Å². The molecule has 3 heterocycles. The first kappa shape index (κ1) is 35.1. The van der Waals surface area contributed by atoms with Gasteiger partial charge < -0.3 is 23.7 Å². The van der Waals surface area contributed by atoms with Crippen LogP contribution in [-0.2, 0) is 18.0 Å². The van der Waals surface area contributed by atoms with E-state index < -0.39 is 31.2 Å². The van der Waals surface area contributed by atoms with Crippen molar-refractivity contribution in [2.24, 2.45) is 0 Å². The maximum atomic E-state index is 7.25. The molecule has 0 saturated carbocycles. The van der Waals surface area contributed by atoms with Crippen molar-refractivity contribution in [2.75, 3.05) is 12.3 Å². The molecule has 1 aliphatic rings. The number of fused-ring (bicyclic) bond motifs is 1. The predicted molar refractivity (Wildman–Crippen MR) is 184 cm³/mol. The van der Waals surface area contributed by atoms with Gasteiger partial charge in [-0.2, -0.15) is 0 Å². The summed E-state index contributed by atoms with van der Waals surface area (Å²) in [6.45, 7) is 34.5. The van der Waals surface area contributed by atoms with E-state index in [9.17, 15) is 0 Å². The van der Waals surface area contributed by atoms with E-state index in [1.54, 1.807) is 6.33 Å². The smallest absolute Gasteiger partial charge is 0.194 e. The summed E-state index contributed by atoms with van der Waals surface area (Å²) in [6, 6.07) is 0. The van der Waals surface area contributed by atoms with Crippen molar-refractivity contribution in [1.82, 2.24) is 19.5 Å². The van der Waals surface area contributed by atoms with E-state index in [2.05, 4.69) is 134 Å². The number of halogens is 1. The van der Waals surface area contributed by atoms with Gasteiger partial charge in [0, 0.05) is 22.6 Å². The van der Waals surface area contributed by atoms with Gasteiger partial charge in [-0.1, -0.05) is 62.3 Å². The van der Waals surface area contributed by atoms with Gasteiger partial charge in [0.25, 0.3) is 0 Å². The molecule has 1 unspecified atom stereocenters. The molecule has 0 amide bonds. The van der Waals surface area contributed by atoms with Gasteiger partial charge in [0.15, 0.2) is 46.5 Å². The summed E-state index contributed by atoms with van der Waals surface area (Å²) in [4.78, 5) is 13.6. The average molecular weight is 736 g/mol. The fourth-order valence-electron chi connectivity index (χ4n) is 3.97. The first-order chi connectivity index (χ1) is 18.3. The molecule has 1 fully saturated rings. The number of aromatic nitrogens is 4. The van der Waals surface area contributed by atoms with Crippen LogP contribution < -0.4 is 5.73 Å². The van der Waals surface area contributed by atoms with Crippen LogP contribution in [0.2, 0.25) is 54.4 Å². The Balaban J connectivity index is 2.18. The molecule has 2 N–H and O–H groups in total. The Hall–Kier alpha value is -0.429. The van der Waals surface area contributed by atoms with Crippen LogP contribution in [0.3, 0.4) is 0 Å². The Morgan fingerprint density at radius 1 is 0.829 bits per heavy atom. The first-order valence-electron chi connectivity index (χ1n) is 14.6. The van der Waals surface area contributed by atoms with E-state index in [1.807, 2.05) is 4.57 Å². The van der Waals surface area contributed by atoms with Crippen LogP contribution in [0, 0.1) is 3.83 Å². The van der Waals surface area contributed by atoms with E-state index in [4.69, 9.17) is 28.7 Å². The fraction of sp³-hybridized carbons (Fsp3) is 0.821. The number of nitrogens with zero attached hydrogens (tertiary/aromatic N) is 4. The molecule has 0 bridgehead atoms. The lowest BCUT2D eigenvalue weighted by molar-refractivity contribution is -0.0470.